The SMILES string of the molecule is NC1CCCN(c2cc(Nc3ccc[nH]3)ncn2)C1. The Balaban J connectivity index is 1.75. The predicted octanol–water partition coefficient (Wildman–Crippen LogP) is 1.48. The molecular weight excluding hydrogens is 240 g/mol. The minimum atomic E-state index is 0.239. The van der Waals surface area contributed by atoms with Gasteiger partial charge in [0.25, 0.3) is 0 Å². The molecule has 0 spiro atoms. The summed E-state index contributed by atoms with van der Waals surface area (Å²) in [6.07, 6.45) is 5.66. The molecule has 1 aliphatic heterocycles. The molecule has 6 heteroatoms. The smallest absolute Gasteiger partial charge is 0.136 e. The summed E-state index contributed by atoms with van der Waals surface area (Å²) in [6.45, 7) is 1.87. The van der Waals surface area contributed by atoms with Gasteiger partial charge in [-0.05, 0) is 25.0 Å². The van der Waals surface area contributed by atoms with Gasteiger partial charge in [-0.2, -0.15) is 0 Å². The summed E-state index contributed by atoms with van der Waals surface area (Å²) >= 11 is 0. The monoisotopic (exact) mass is 258 g/mol. The zero-order valence-electron chi connectivity index (χ0n) is 10.7. The lowest BCUT2D eigenvalue weighted by Gasteiger charge is -2.31. The lowest BCUT2D eigenvalue weighted by Crippen LogP contribution is -2.43. The van der Waals surface area contributed by atoms with Gasteiger partial charge < -0.3 is 20.9 Å². The highest BCUT2D eigenvalue weighted by atomic mass is 15.2. The Morgan fingerprint density at radius 1 is 1.42 bits per heavy atom. The number of anilines is 3. The number of H-pyrrole nitrogens is 1. The van der Waals surface area contributed by atoms with Gasteiger partial charge in [0, 0.05) is 31.4 Å². The van der Waals surface area contributed by atoms with E-state index in [1.807, 2.05) is 24.4 Å². The number of aromatic nitrogens is 3. The van der Waals surface area contributed by atoms with Crippen LogP contribution >= 0.6 is 0 Å². The molecule has 1 aliphatic rings. The second-order valence-corrected chi connectivity index (χ2v) is 4.82. The highest BCUT2D eigenvalue weighted by Gasteiger charge is 2.18. The molecule has 0 bridgehead atoms. The first kappa shape index (κ1) is 12.0. The van der Waals surface area contributed by atoms with E-state index in [0.29, 0.717) is 0 Å². The molecule has 6 nitrogen and oxygen atoms in total. The quantitative estimate of drug-likeness (QED) is 0.776. The standard InChI is InChI=1S/C13H18N6/c14-10-3-2-6-19(8-10)13-7-12(16-9-17-13)18-11-4-1-5-15-11/h1,4-5,7,9-10,15H,2-3,6,8,14H2,(H,16,17,18). The Kier molecular flexibility index (Phi) is 3.33. The Bertz CT molecular complexity index is 524. The molecule has 1 saturated heterocycles. The molecule has 3 heterocycles. The molecule has 0 radical (unpaired) electrons. The topological polar surface area (TPSA) is 82.9 Å². The van der Waals surface area contributed by atoms with Gasteiger partial charge in [-0.25, -0.2) is 9.97 Å². The Labute approximate surface area is 112 Å². The normalized spacial score (nSPS) is 19.4. The van der Waals surface area contributed by atoms with Gasteiger partial charge in [0.1, 0.15) is 23.8 Å². The molecule has 100 valence electrons. The van der Waals surface area contributed by atoms with E-state index in [9.17, 15) is 0 Å². The van der Waals surface area contributed by atoms with Crippen molar-refractivity contribution in [2.45, 2.75) is 18.9 Å². The number of hydrogen-bond acceptors (Lipinski definition) is 5. The van der Waals surface area contributed by atoms with Crippen LogP contribution < -0.4 is 16.0 Å². The van der Waals surface area contributed by atoms with Crippen molar-refractivity contribution in [1.82, 2.24) is 15.0 Å². The molecule has 3 rings (SSSR count). The van der Waals surface area contributed by atoms with Crippen molar-refractivity contribution in [2.75, 3.05) is 23.3 Å². The summed E-state index contributed by atoms with van der Waals surface area (Å²) in [5.74, 6) is 2.63. The van der Waals surface area contributed by atoms with Crippen molar-refractivity contribution >= 4 is 17.5 Å². The molecular formula is C13H18N6. The van der Waals surface area contributed by atoms with Crippen molar-refractivity contribution in [2.24, 2.45) is 5.73 Å². The second-order valence-electron chi connectivity index (χ2n) is 4.82. The number of aromatic amines is 1. The number of rotatable bonds is 3. The third kappa shape index (κ3) is 2.85. The summed E-state index contributed by atoms with van der Waals surface area (Å²) in [6, 6.07) is 6.09. The number of nitrogens with two attached hydrogens (primary N) is 1. The zero-order chi connectivity index (χ0) is 13.1. The van der Waals surface area contributed by atoms with E-state index in [4.69, 9.17) is 5.73 Å². The van der Waals surface area contributed by atoms with E-state index >= 15 is 0 Å². The average Bonchev–Trinajstić information content (AvgIpc) is 2.92. The van der Waals surface area contributed by atoms with Gasteiger partial charge >= 0.3 is 0 Å². The molecule has 4 N–H and O–H groups in total. The third-order valence-electron chi connectivity index (χ3n) is 3.30. The van der Waals surface area contributed by atoms with Crippen molar-refractivity contribution in [3.05, 3.63) is 30.7 Å². The first-order chi connectivity index (χ1) is 9.31. The van der Waals surface area contributed by atoms with E-state index < -0.39 is 0 Å². The summed E-state index contributed by atoms with van der Waals surface area (Å²) in [5.41, 5.74) is 6.00. The zero-order valence-corrected chi connectivity index (χ0v) is 10.7. The van der Waals surface area contributed by atoms with Crippen LogP contribution in [0.2, 0.25) is 0 Å². The summed E-state index contributed by atoms with van der Waals surface area (Å²) in [7, 11) is 0. The Hall–Kier alpha value is -2.08. The lowest BCUT2D eigenvalue weighted by atomic mass is 10.1. The lowest BCUT2D eigenvalue weighted by molar-refractivity contribution is 0.503. The molecule has 0 aromatic carbocycles. The summed E-state index contributed by atoms with van der Waals surface area (Å²) in [5, 5.41) is 3.21. The van der Waals surface area contributed by atoms with E-state index in [2.05, 4.69) is 25.2 Å². The van der Waals surface area contributed by atoms with Gasteiger partial charge in [-0.1, -0.05) is 0 Å². The van der Waals surface area contributed by atoms with Crippen LogP contribution in [0.3, 0.4) is 0 Å². The van der Waals surface area contributed by atoms with Gasteiger partial charge in [-0.3, -0.25) is 0 Å². The van der Waals surface area contributed by atoms with Gasteiger partial charge in [0.2, 0.25) is 0 Å². The fraction of sp³-hybridized carbons (Fsp3) is 0.385. The summed E-state index contributed by atoms with van der Waals surface area (Å²) in [4.78, 5) is 13.9. The third-order valence-corrected chi connectivity index (χ3v) is 3.30. The van der Waals surface area contributed by atoms with Crippen molar-refractivity contribution in [1.29, 1.82) is 0 Å². The maximum Gasteiger partial charge on any atom is 0.136 e. The van der Waals surface area contributed by atoms with Crippen LogP contribution in [0.5, 0.6) is 0 Å². The Morgan fingerprint density at radius 2 is 2.37 bits per heavy atom. The maximum absolute atomic E-state index is 6.00. The number of nitrogens with zero attached hydrogens (tertiary/aromatic N) is 3. The van der Waals surface area contributed by atoms with Crippen molar-refractivity contribution in [3.63, 3.8) is 0 Å². The predicted molar refractivity (Wildman–Crippen MR) is 75.5 cm³/mol. The Morgan fingerprint density at radius 3 is 3.16 bits per heavy atom. The molecule has 0 amide bonds. The van der Waals surface area contributed by atoms with Crippen LogP contribution in [0.15, 0.2) is 30.7 Å². The minimum Gasteiger partial charge on any atom is -0.355 e. The highest BCUT2D eigenvalue weighted by Crippen LogP contribution is 2.20. The van der Waals surface area contributed by atoms with Gasteiger partial charge in [-0.15, -0.1) is 0 Å². The molecule has 2 aromatic rings. The van der Waals surface area contributed by atoms with Gasteiger partial charge in [0.15, 0.2) is 0 Å². The molecule has 1 unspecified atom stereocenters. The van der Waals surface area contributed by atoms with Crippen LogP contribution in [-0.2, 0) is 0 Å². The van der Waals surface area contributed by atoms with Crippen LogP contribution in [0.1, 0.15) is 12.8 Å². The second kappa shape index (κ2) is 5.27. The first-order valence-corrected chi connectivity index (χ1v) is 6.54. The van der Waals surface area contributed by atoms with E-state index in [0.717, 1.165) is 43.4 Å². The molecule has 0 saturated carbocycles. The van der Waals surface area contributed by atoms with Crippen LogP contribution in [0.25, 0.3) is 0 Å². The first-order valence-electron chi connectivity index (χ1n) is 6.54. The molecule has 1 fully saturated rings. The van der Waals surface area contributed by atoms with Gasteiger partial charge in [0.05, 0.1) is 0 Å². The maximum atomic E-state index is 6.00. The number of hydrogen-bond donors (Lipinski definition) is 3. The fourth-order valence-electron chi connectivity index (χ4n) is 2.35. The largest absolute Gasteiger partial charge is 0.355 e. The van der Waals surface area contributed by atoms with Crippen LogP contribution in [0.4, 0.5) is 17.5 Å². The minimum absolute atomic E-state index is 0.239. The average molecular weight is 258 g/mol. The van der Waals surface area contributed by atoms with E-state index in [1.165, 1.54) is 0 Å². The molecule has 1 atom stereocenters. The fourth-order valence-corrected chi connectivity index (χ4v) is 2.35. The van der Waals surface area contributed by atoms with Crippen molar-refractivity contribution in [3.8, 4) is 0 Å². The van der Waals surface area contributed by atoms with Crippen LogP contribution in [-0.4, -0.2) is 34.1 Å². The molecule has 0 aliphatic carbocycles. The summed E-state index contributed by atoms with van der Waals surface area (Å²) < 4.78 is 0. The van der Waals surface area contributed by atoms with E-state index in [-0.39, 0.29) is 6.04 Å². The van der Waals surface area contributed by atoms with E-state index in [1.54, 1.807) is 6.33 Å². The van der Waals surface area contributed by atoms with Crippen LogP contribution in [0, 0.1) is 0 Å². The molecule has 2 aromatic heterocycles. The molecule has 19 heavy (non-hydrogen) atoms. The number of piperidine rings is 1. The number of nitrogens with one attached hydrogen (secondary N) is 2. The van der Waals surface area contributed by atoms with Crippen molar-refractivity contribution < 1.29 is 0 Å². The highest BCUT2D eigenvalue weighted by molar-refractivity contribution is 5.56.